The Kier molecular flexibility index (Phi) is 5.42. The van der Waals surface area contributed by atoms with Gasteiger partial charge in [0, 0.05) is 24.8 Å². The quantitative estimate of drug-likeness (QED) is 0.660. The molecule has 136 valence electrons. The summed E-state index contributed by atoms with van der Waals surface area (Å²) in [5, 5.41) is 0.491. The van der Waals surface area contributed by atoms with Gasteiger partial charge >= 0.3 is 0 Å². The Balaban J connectivity index is 1.91. The Morgan fingerprint density at radius 2 is 2.15 bits per heavy atom. The van der Waals surface area contributed by atoms with Crippen molar-refractivity contribution in [2.24, 2.45) is 0 Å². The summed E-state index contributed by atoms with van der Waals surface area (Å²) in [6, 6.07) is 8.81. The number of carbonyl (C=O) groups is 1. The molecule has 1 amide bonds. The summed E-state index contributed by atoms with van der Waals surface area (Å²) < 4.78 is 7.36. The summed E-state index contributed by atoms with van der Waals surface area (Å²) in [5.74, 6) is 1.12. The third kappa shape index (κ3) is 3.51. The molecule has 0 aliphatic rings. The molecule has 7 heteroatoms. The molecular weight excluding hydrogens is 352 g/mol. The fourth-order valence-corrected chi connectivity index (χ4v) is 3.09. The second-order valence-electron chi connectivity index (χ2n) is 6.03. The van der Waals surface area contributed by atoms with Crippen LogP contribution in [-0.4, -0.2) is 39.5 Å². The zero-order valence-electron chi connectivity index (χ0n) is 15.1. The van der Waals surface area contributed by atoms with Gasteiger partial charge in [0.1, 0.15) is 17.1 Å². The summed E-state index contributed by atoms with van der Waals surface area (Å²) in [7, 11) is 3.28. The Morgan fingerprint density at radius 3 is 2.88 bits per heavy atom. The van der Waals surface area contributed by atoms with Crippen LogP contribution in [0, 0.1) is 0 Å². The maximum absolute atomic E-state index is 12.9. The molecule has 0 aliphatic carbocycles. The molecule has 0 spiro atoms. The molecular formula is C19H21ClN4O2. The lowest BCUT2D eigenvalue weighted by atomic mass is 10.1. The van der Waals surface area contributed by atoms with Crippen LogP contribution >= 0.6 is 11.6 Å². The highest BCUT2D eigenvalue weighted by Crippen LogP contribution is 2.24. The van der Waals surface area contributed by atoms with Crippen LogP contribution in [-0.2, 0) is 13.1 Å². The summed E-state index contributed by atoms with van der Waals surface area (Å²) in [6.45, 7) is 3.26. The highest BCUT2D eigenvalue weighted by atomic mass is 35.5. The van der Waals surface area contributed by atoms with Gasteiger partial charge in [-0.3, -0.25) is 4.79 Å². The van der Waals surface area contributed by atoms with Crippen molar-refractivity contribution in [3.8, 4) is 5.75 Å². The van der Waals surface area contributed by atoms with Gasteiger partial charge in [-0.15, -0.1) is 0 Å². The van der Waals surface area contributed by atoms with Gasteiger partial charge in [0.05, 0.1) is 19.2 Å². The lowest BCUT2D eigenvalue weighted by Gasteiger charge is -2.19. The topological polar surface area (TPSA) is 60.2 Å². The highest BCUT2D eigenvalue weighted by molar-refractivity contribution is 6.31. The van der Waals surface area contributed by atoms with E-state index in [0.717, 1.165) is 30.0 Å². The van der Waals surface area contributed by atoms with Crippen molar-refractivity contribution in [1.29, 1.82) is 0 Å². The Labute approximate surface area is 157 Å². The van der Waals surface area contributed by atoms with Crippen molar-refractivity contribution in [1.82, 2.24) is 19.4 Å². The zero-order chi connectivity index (χ0) is 18.7. The van der Waals surface area contributed by atoms with Crippen LogP contribution in [0.25, 0.3) is 11.2 Å². The van der Waals surface area contributed by atoms with E-state index in [-0.39, 0.29) is 5.91 Å². The first kappa shape index (κ1) is 18.2. The van der Waals surface area contributed by atoms with E-state index in [1.807, 2.05) is 12.1 Å². The minimum atomic E-state index is -0.174. The predicted molar refractivity (Wildman–Crippen MR) is 102 cm³/mol. The zero-order valence-corrected chi connectivity index (χ0v) is 15.8. The molecule has 0 saturated heterocycles. The number of rotatable bonds is 6. The molecule has 0 N–H and O–H groups in total. The lowest BCUT2D eigenvalue weighted by Crippen LogP contribution is -2.28. The van der Waals surface area contributed by atoms with E-state index in [2.05, 4.69) is 21.5 Å². The number of halogens is 1. The van der Waals surface area contributed by atoms with Crippen molar-refractivity contribution in [3.63, 3.8) is 0 Å². The van der Waals surface area contributed by atoms with Crippen LogP contribution in [0.15, 0.2) is 36.5 Å². The first-order valence-electron chi connectivity index (χ1n) is 8.44. The lowest BCUT2D eigenvalue weighted by molar-refractivity contribution is 0.0777. The smallest absolute Gasteiger partial charge is 0.257 e. The molecule has 0 saturated carbocycles. The van der Waals surface area contributed by atoms with Gasteiger partial charge in [-0.05, 0) is 36.8 Å². The molecule has 2 heterocycles. The minimum Gasteiger partial charge on any atom is -0.496 e. The predicted octanol–water partition coefficient (Wildman–Crippen LogP) is 3.78. The van der Waals surface area contributed by atoms with Crippen LogP contribution in [0.2, 0.25) is 5.02 Å². The fraction of sp³-hybridized carbons (Fsp3) is 0.316. The first-order chi connectivity index (χ1) is 12.5. The molecule has 26 heavy (non-hydrogen) atoms. The van der Waals surface area contributed by atoms with Crippen LogP contribution in [0.1, 0.15) is 29.5 Å². The van der Waals surface area contributed by atoms with Gasteiger partial charge in [0.15, 0.2) is 5.65 Å². The van der Waals surface area contributed by atoms with Crippen molar-refractivity contribution in [3.05, 3.63) is 52.9 Å². The van der Waals surface area contributed by atoms with Crippen molar-refractivity contribution in [2.75, 3.05) is 14.2 Å². The van der Waals surface area contributed by atoms with E-state index >= 15 is 0 Å². The number of pyridine rings is 1. The van der Waals surface area contributed by atoms with Crippen LogP contribution in [0.4, 0.5) is 0 Å². The minimum absolute atomic E-state index is 0.174. The third-order valence-corrected chi connectivity index (χ3v) is 4.38. The van der Waals surface area contributed by atoms with Crippen molar-refractivity contribution in [2.45, 2.75) is 26.4 Å². The first-order valence-corrected chi connectivity index (χ1v) is 8.82. The van der Waals surface area contributed by atoms with E-state index in [1.165, 1.54) is 7.11 Å². The number of amides is 1. The molecule has 1 aromatic carbocycles. The summed E-state index contributed by atoms with van der Waals surface area (Å²) in [4.78, 5) is 23.6. The SMILES string of the molecule is CCCn1c(CN(C)C(=O)c2cc(Cl)ccc2OC)nc2cccnc21. The average molecular weight is 373 g/mol. The molecule has 3 rings (SSSR count). The number of benzene rings is 1. The molecule has 0 bridgehead atoms. The van der Waals surface area contributed by atoms with E-state index in [0.29, 0.717) is 22.9 Å². The standard InChI is InChI=1S/C19H21ClN4O2/c1-4-10-24-17(22-15-6-5-9-21-18(15)24)12-23(2)19(25)14-11-13(20)7-8-16(14)26-3/h5-9,11H,4,10,12H2,1-3H3. The molecule has 3 aromatic rings. The average Bonchev–Trinajstić information content (AvgIpc) is 2.98. The van der Waals surface area contributed by atoms with Gasteiger partial charge in [-0.1, -0.05) is 18.5 Å². The molecule has 2 aromatic heterocycles. The second kappa shape index (κ2) is 7.74. The van der Waals surface area contributed by atoms with E-state index in [9.17, 15) is 4.79 Å². The summed E-state index contributed by atoms with van der Waals surface area (Å²) >= 11 is 6.05. The Morgan fingerprint density at radius 1 is 1.35 bits per heavy atom. The van der Waals surface area contributed by atoms with E-state index in [4.69, 9.17) is 16.3 Å². The van der Waals surface area contributed by atoms with Crippen molar-refractivity contribution < 1.29 is 9.53 Å². The van der Waals surface area contributed by atoms with Gasteiger partial charge in [-0.2, -0.15) is 0 Å². The normalized spacial score (nSPS) is 10.9. The maximum atomic E-state index is 12.9. The Bertz CT molecular complexity index is 938. The molecule has 0 aliphatic heterocycles. The third-order valence-electron chi connectivity index (χ3n) is 4.15. The van der Waals surface area contributed by atoms with Gasteiger partial charge in [0.25, 0.3) is 5.91 Å². The molecule has 0 atom stereocenters. The maximum Gasteiger partial charge on any atom is 0.257 e. The number of hydrogen-bond donors (Lipinski definition) is 0. The number of ether oxygens (including phenoxy) is 1. The highest BCUT2D eigenvalue weighted by Gasteiger charge is 2.20. The number of aromatic nitrogens is 3. The summed E-state index contributed by atoms with van der Waals surface area (Å²) in [5.41, 5.74) is 2.10. The van der Waals surface area contributed by atoms with Gasteiger partial charge in [0.2, 0.25) is 0 Å². The largest absolute Gasteiger partial charge is 0.496 e. The number of aryl methyl sites for hydroxylation is 1. The second-order valence-corrected chi connectivity index (χ2v) is 6.47. The van der Waals surface area contributed by atoms with E-state index in [1.54, 1.807) is 36.3 Å². The summed E-state index contributed by atoms with van der Waals surface area (Å²) in [6.07, 6.45) is 2.71. The number of fused-ring (bicyclic) bond motifs is 1. The number of hydrogen-bond acceptors (Lipinski definition) is 4. The van der Waals surface area contributed by atoms with Gasteiger partial charge in [-0.25, -0.2) is 9.97 Å². The Hall–Kier alpha value is -2.60. The van der Waals surface area contributed by atoms with Crippen LogP contribution in [0.3, 0.4) is 0 Å². The number of carbonyl (C=O) groups excluding carboxylic acids is 1. The van der Waals surface area contributed by atoms with E-state index < -0.39 is 0 Å². The molecule has 0 unspecified atom stereocenters. The fourth-order valence-electron chi connectivity index (χ4n) is 2.92. The molecule has 0 fully saturated rings. The van der Waals surface area contributed by atoms with Gasteiger partial charge < -0.3 is 14.2 Å². The number of methoxy groups -OCH3 is 1. The van der Waals surface area contributed by atoms with Crippen molar-refractivity contribution >= 4 is 28.7 Å². The number of nitrogens with zero attached hydrogens (tertiary/aromatic N) is 4. The molecule has 6 nitrogen and oxygen atoms in total. The van der Waals surface area contributed by atoms with Crippen LogP contribution in [0.5, 0.6) is 5.75 Å². The van der Waals surface area contributed by atoms with Crippen LogP contribution < -0.4 is 4.74 Å². The number of imidazole rings is 1. The monoisotopic (exact) mass is 372 g/mol. The molecule has 0 radical (unpaired) electrons.